The molecule has 6 heteroatoms. The SMILES string of the molecule is Cc1ccc(C(=O)NCCNC(=O)c2ccc(Br)s2)cc1. The molecule has 0 saturated carbocycles. The Bertz CT molecular complexity index is 637. The summed E-state index contributed by atoms with van der Waals surface area (Å²) in [5.74, 6) is -0.265. The van der Waals surface area contributed by atoms with Gasteiger partial charge in [-0.1, -0.05) is 17.7 Å². The predicted molar refractivity (Wildman–Crippen MR) is 87.9 cm³/mol. The summed E-state index contributed by atoms with van der Waals surface area (Å²) >= 11 is 4.69. The van der Waals surface area contributed by atoms with Gasteiger partial charge < -0.3 is 10.6 Å². The maximum atomic E-state index is 11.8. The number of nitrogens with one attached hydrogen (secondary N) is 2. The molecule has 2 aromatic rings. The van der Waals surface area contributed by atoms with Crippen molar-refractivity contribution in [1.29, 1.82) is 0 Å². The van der Waals surface area contributed by atoms with Crippen LogP contribution in [0.5, 0.6) is 0 Å². The summed E-state index contributed by atoms with van der Waals surface area (Å²) in [5.41, 5.74) is 1.73. The number of hydrogen-bond donors (Lipinski definition) is 2. The minimum Gasteiger partial charge on any atom is -0.350 e. The van der Waals surface area contributed by atoms with Crippen LogP contribution in [0.25, 0.3) is 0 Å². The summed E-state index contributed by atoms with van der Waals surface area (Å²) in [5, 5.41) is 5.54. The Hall–Kier alpha value is -1.66. The third-order valence-electron chi connectivity index (χ3n) is 2.81. The van der Waals surface area contributed by atoms with E-state index in [9.17, 15) is 9.59 Å². The molecule has 0 saturated heterocycles. The lowest BCUT2D eigenvalue weighted by Gasteiger charge is -2.06. The third-order valence-corrected chi connectivity index (χ3v) is 4.43. The number of aryl methyl sites for hydroxylation is 1. The maximum absolute atomic E-state index is 11.8. The fraction of sp³-hybridized carbons (Fsp3) is 0.200. The van der Waals surface area contributed by atoms with E-state index < -0.39 is 0 Å². The minimum atomic E-state index is -0.136. The summed E-state index contributed by atoms with van der Waals surface area (Å²) in [6, 6.07) is 10.9. The van der Waals surface area contributed by atoms with Gasteiger partial charge in [-0.15, -0.1) is 11.3 Å². The van der Waals surface area contributed by atoms with Crippen LogP contribution in [0.1, 0.15) is 25.6 Å². The van der Waals surface area contributed by atoms with E-state index in [2.05, 4.69) is 26.6 Å². The quantitative estimate of drug-likeness (QED) is 0.799. The highest BCUT2D eigenvalue weighted by atomic mass is 79.9. The van der Waals surface area contributed by atoms with Gasteiger partial charge in [0.2, 0.25) is 0 Å². The van der Waals surface area contributed by atoms with Crippen molar-refractivity contribution >= 4 is 39.1 Å². The van der Waals surface area contributed by atoms with Crippen LogP contribution in [-0.4, -0.2) is 24.9 Å². The Morgan fingerprint density at radius 3 is 2.19 bits per heavy atom. The summed E-state index contributed by atoms with van der Waals surface area (Å²) in [6.45, 7) is 2.76. The van der Waals surface area contributed by atoms with Gasteiger partial charge in [0.05, 0.1) is 8.66 Å². The molecule has 0 bridgehead atoms. The van der Waals surface area contributed by atoms with Crippen molar-refractivity contribution in [3.05, 3.63) is 56.2 Å². The Kier molecular flexibility index (Phi) is 5.52. The molecule has 0 aliphatic rings. The molecule has 0 unspecified atom stereocenters. The second kappa shape index (κ2) is 7.38. The van der Waals surface area contributed by atoms with E-state index in [1.54, 1.807) is 18.2 Å². The first kappa shape index (κ1) is 15.7. The second-order valence-corrected chi connectivity index (χ2v) is 6.94. The van der Waals surface area contributed by atoms with Gasteiger partial charge in [-0.25, -0.2) is 0 Å². The summed E-state index contributed by atoms with van der Waals surface area (Å²) in [7, 11) is 0. The highest BCUT2D eigenvalue weighted by molar-refractivity contribution is 9.11. The van der Waals surface area contributed by atoms with Gasteiger partial charge >= 0.3 is 0 Å². The van der Waals surface area contributed by atoms with Crippen LogP contribution in [0, 0.1) is 6.92 Å². The third kappa shape index (κ3) is 4.68. The number of thiophene rings is 1. The molecule has 0 fully saturated rings. The van der Waals surface area contributed by atoms with Gasteiger partial charge in [-0.3, -0.25) is 9.59 Å². The van der Waals surface area contributed by atoms with Crippen LogP contribution < -0.4 is 10.6 Å². The predicted octanol–water partition coefficient (Wildman–Crippen LogP) is 2.98. The number of carbonyl (C=O) groups is 2. The lowest BCUT2D eigenvalue weighted by atomic mass is 10.1. The van der Waals surface area contributed by atoms with Gasteiger partial charge in [0.15, 0.2) is 0 Å². The summed E-state index contributed by atoms with van der Waals surface area (Å²) in [6.07, 6.45) is 0. The first-order valence-electron chi connectivity index (χ1n) is 6.44. The standard InChI is InChI=1S/C15H15BrN2O2S/c1-10-2-4-11(5-3-10)14(19)17-8-9-18-15(20)12-6-7-13(16)21-12/h2-7H,8-9H2,1H3,(H,17,19)(H,18,20). The molecule has 110 valence electrons. The zero-order valence-corrected chi connectivity index (χ0v) is 13.9. The van der Waals surface area contributed by atoms with Gasteiger partial charge in [0.25, 0.3) is 11.8 Å². The number of rotatable bonds is 5. The largest absolute Gasteiger partial charge is 0.350 e. The van der Waals surface area contributed by atoms with E-state index in [4.69, 9.17) is 0 Å². The molecule has 1 aromatic heterocycles. The van der Waals surface area contributed by atoms with Crippen LogP contribution in [-0.2, 0) is 0 Å². The molecule has 2 rings (SSSR count). The Balaban J connectivity index is 1.73. The van der Waals surface area contributed by atoms with E-state index in [0.717, 1.165) is 9.35 Å². The van der Waals surface area contributed by atoms with Crippen molar-refractivity contribution in [2.24, 2.45) is 0 Å². The molecule has 0 spiro atoms. The van der Waals surface area contributed by atoms with Gasteiger partial charge in [-0.2, -0.15) is 0 Å². The van der Waals surface area contributed by atoms with Gasteiger partial charge in [-0.05, 0) is 47.1 Å². The fourth-order valence-electron chi connectivity index (χ4n) is 1.68. The average Bonchev–Trinajstić information content (AvgIpc) is 2.90. The molecule has 21 heavy (non-hydrogen) atoms. The first-order valence-corrected chi connectivity index (χ1v) is 8.05. The molecule has 1 aromatic carbocycles. The van der Waals surface area contributed by atoms with Crippen molar-refractivity contribution < 1.29 is 9.59 Å². The lowest BCUT2D eigenvalue weighted by Crippen LogP contribution is -2.34. The highest BCUT2D eigenvalue weighted by Crippen LogP contribution is 2.21. The van der Waals surface area contributed by atoms with Crippen molar-refractivity contribution in [2.75, 3.05) is 13.1 Å². The molecule has 0 radical (unpaired) electrons. The van der Waals surface area contributed by atoms with E-state index in [-0.39, 0.29) is 11.8 Å². The topological polar surface area (TPSA) is 58.2 Å². The molecule has 2 N–H and O–H groups in total. The van der Waals surface area contributed by atoms with E-state index >= 15 is 0 Å². The molecular formula is C15H15BrN2O2S. The van der Waals surface area contributed by atoms with Gasteiger partial charge in [0, 0.05) is 18.7 Å². The van der Waals surface area contributed by atoms with Crippen molar-refractivity contribution in [3.63, 3.8) is 0 Å². The van der Waals surface area contributed by atoms with E-state index in [1.165, 1.54) is 11.3 Å². The van der Waals surface area contributed by atoms with Crippen LogP contribution in [0.3, 0.4) is 0 Å². The fourth-order valence-corrected chi connectivity index (χ4v) is 2.98. The number of benzene rings is 1. The van der Waals surface area contributed by atoms with Crippen LogP contribution >= 0.6 is 27.3 Å². The van der Waals surface area contributed by atoms with Gasteiger partial charge in [0.1, 0.15) is 0 Å². The zero-order valence-electron chi connectivity index (χ0n) is 11.5. The van der Waals surface area contributed by atoms with Crippen molar-refractivity contribution in [3.8, 4) is 0 Å². The highest BCUT2D eigenvalue weighted by Gasteiger charge is 2.08. The molecule has 0 aliphatic carbocycles. The van der Waals surface area contributed by atoms with Crippen molar-refractivity contribution in [2.45, 2.75) is 6.92 Å². The minimum absolute atomic E-state index is 0.129. The molecule has 4 nitrogen and oxygen atoms in total. The smallest absolute Gasteiger partial charge is 0.261 e. The number of amides is 2. The summed E-state index contributed by atoms with van der Waals surface area (Å²) < 4.78 is 0.917. The number of halogens is 1. The average molecular weight is 367 g/mol. The molecular weight excluding hydrogens is 352 g/mol. The zero-order chi connectivity index (χ0) is 15.2. The Morgan fingerprint density at radius 2 is 1.62 bits per heavy atom. The lowest BCUT2D eigenvalue weighted by molar-refractivity contribution is 0.0929. The van der Waals surface area contributed by atoms with Crippen molar-refractivity contribution in [1.82, 2.24) is 10.6 Å². The number of hydrogen-bond acceptors (Lipinski definition) is 3. The molecule has 2 amide bonds. The van der Waals surface area contributed by atoms with Crippen LogP contribution in [0.15, 0.2) is 40.2 Å². The van der Waals surface area contributed by atoms with Crippen LogP contribution in [0.4, 0.5) is 0 Å². The second-order valence-electron chi connectivity index (χ2n) is 4.48. The molecule has 1 heterocycles. The molecule has 0 aliphatic heterocycles. The normalized spacial score (nSPS) is 10.2. The number of carbonyl (C=O) groups excluding carboxylic acids is 2. The maximum Gasteiger partial charge on any atom is 0.261 e. The van der Waals surface area contributed by atoms with E-state index in [0.29, 0.717) is 23.5 Å². The first-order chi connectivity index (χ1) is 10.1. The van der Waals surface area contributed by atoms with Crippen LogP contribution in [0.2, 0.25) is 0 Å². The Labute approximate surface area is 135 Å². The van der Waals surface area contributed by atoms with E-state index in [1.807, 2.05) is 25.1 Å². The monoisotopic (exact) mass is 366 g/mol. The Morgan fingerprint density at radius 1 is 1.00 bits per heavy atom. The molecule has 0 atom stereocenters. The summed E-state index contributed by atoms with van der Waals surface area (Å²) in [4.78, 5) is 24.3.